The lowest BCUT2D eigenvalue weighted by Gasteiger charge is -2.15. The van der Waals surface area contributed by atoms with Crippen molar-refractivity contribution in [3.8, 4) is 5.75 Å². The number of carbonyl (C=O) groups is 1. The van der Waals surface area contributed by atoms with Gasteiger partial charge >= 0.3 is 12.1 Å². The number of aromatic nitrogens is 1. The number of aliphatic carboxylic acids is 1. The minimum Gasteiger partial charge on any atom is -0.505 e. The van der Waals surface area contributed by atoms with Gasteiger partial charge in [-0.1, -0.05) is 0 Å². The number of carboxylic acids is 1. The van der Waals surface area contributed by atoms with Crippen LogP contribution in [0.1, 0.15) is 23.2 Å². The van der Waals surface area contributed by atoms with Crippen molar-refractivity contribution in [2.45, 2.75) is 19.0 Å². The quantitative estimate of drug-likeness (QED) is 0.828. The fourth-order valence-electron chi connectivity index (χ4n) is 1.29. The molecular weight excluding hydrogens is 265 g/mol. The summed E-state index contributed by atoms with van der Waals surface area (Å²) in [6, 6.07) is 0. The molecule has 0 amide bonds. The van der Waals surface area contributed by atoms with Gasteiger partial charge in [0.05, 0.1) is 17.7 Å². The van der Waals surface area contributed by atoms with Crippen LogP contribution in [0.25, 0.3) is 0 Å². The molecule has 0 unspecified atom stereocenters. The second kappa shape index (κ2) is 4.75. The van der Waals surface area contributed by atoms with Gasteiger partial charge in [-0.25, -0.2) is 8.78 Å². The summed E-state index contributed by atoms with van der Waals surface area (Å²) >= 11 is 0. The topological polar surface area (TPSA) is 70.4 Å². The fourth-order valence-corrected chi connectivity index (χ4v) is 1.29. The van der Waals surface area contributed by atoms with E-state index in [0.717, 1.165) is 0 Å². The van der Waals surface area contributed by atoms with Gasteiger partial charge in [0.15, 0.2) is 0 Å². The maximum absolute atomic E-state index is 12.5. The summed E-state index contributed by atoms with van der Waals surface area (Å²) in [6.45, 7) is 0. The number of aromatic hydroxyl groups is 1. The van der Waals surface area contributed by atoms with E-state index < -0.39 is 47.6 Å². The van der Waals surface area contributed by atoms with Crippen LogP contribution in [0.3, 0.4) is 0 Å². The third-order valence-electron chi connectivity index (χ3n) is 2.00. The second-order valence-corrected chi connectivity index (χ2v) is 3.25. The summed E-state index contributed by atoms with van der Waals surface area (Å²) in [6.07, 6.45) is -9.51. The van der Waals surface area contributed by atoms with Gasteiger partial charge in [-0.3, -0.25) is 9.78 Å². The van der Waals surface area contributed by atoms with E-state index in [9.17, 15) is 31.9 Å². The molecule has 0 fully saturated rings. The molecule has 0 radical (unpaired) electrons. The highest BCUT2D eigenvalue weighted by molar-refractivity contribution is 5.71. The van der Waals surface area contributed by atoms with E-state index in [-0.39, 0.29) is 6.20 Å². The van der Waals surface area contributed by atoms with Crippen molar-refractivity contribution in [1.82, 2.24) is 4.98 Å². The molecule has 1 aromatic heterocycles. The molecule has 0 aliphatic heterocycles. The first-order chi connectivity index (χ1) is 8.14. The van der Waals surface area contributed by atoms with Gasteiger partial charge in [-0.15, -0.1) is 0 Å². The predicted molar refractivity (Wildman–Crippen MR) is 47.2 cm³/mol. The third-order valence-corrected chi connectivity index (χ3v) is 2.00. The van der Waals surface area contributed by atoms with Crippen LogP contribution < -0.4 is 0 Å². The Hall–Kier alpha value is -1.93. The second-order valence-electron chi connectivity index (χ2n) is 3.25. The van der Waals surface area contributed by atoms with Crippen LogP contribution in [0.5, 0.6) is 5.75 Å². The molecule has 0 bridgehead atoms. The van der Waals surface area contributed by atoms with Crippen LogP contribution in [-0.4, -0.2) is 21.2 Å². The monoisotopic (exact) mass is 271 g/mol. The minimum absolute atomic E-state index is 0.214. The van der Waals surface area contributed by atoms with Crippen molar-refractivity contribution in [3.05, 3.63) is 23.0 Å². The van der Waals surface area contributed by atoms with Gasteiger partial charge in [0.25, 0.3) is 6.43 Å². The first kappa shape index (κ1) is 14.1. The van der Waals surface area contributed by atoms with E-state index in [1.807, 2.05) is 0 Å². The molecule has 1 aromatic rings. The van der Waals surface area contributed by atoms with E-state index >= 15 is 0 Å². The minimum atomic E-state index is -5.23. The number of hydrogen-bond donors (Lipinski definition) is 2. The number of alkyl halides is 5. The Morgan fingerprint density at radius 2 is 1.94 bits per heavy atom. The lowest BCUT2D eigenvalue weighted by molar-refractivity contribution is -0.141. The predicted octanol–water partition coefficient (Wildman–Crippen LogP) is 2.37. The van der Waals surface area contributed by atoms with Crippen molar-refractivity contribution in [2.24, 2.45) is 0 Å². The normalized spacial score (nSPS) is 11.9. The Labute approximate surface area is 96.7 Å². The number of nitrogens with zero attached hydrogens (tertiary/aromatic N) is 1. The standard InChI is InChI=1S/C9H6F5NO3/c10-8(11)3-2-15-4(1-5(16)17)7(18)6(3)9(12,13)14/h2,8,18H,1H2,(H,16,17). The average Bonchev–Trinajstić information content (AvgIpc) is 2.17. The summed E-state index contributed by atoms with van der Waals surface area (Å²) in [7, 11) is 0. The average molecular weight is 271 g/mol. The van der Waals surface area contributed by atoms with Crippen molar-refractivity contribution in [2.75, 3.05) is 0 Å². The lowest BCUT2D eigenvalue weighted by atomic mass is 10.1. The van der Waals surface area contributed by atoms with Gasteiger partial charge in [0.1, 0.15) is 11.3 Å². The van der Waals surface area contributed by atoms with Crippen molar-refractivity contribution in [1.29, 1.82) is 0 Å². The van der Waals surface area contributed by atoms with Gasteiger partial charge in [0.2, 0.25) is 0 Å². The Kier molecular flexibility index (Phi) is 3.73. The number of halogens is 5. The van der Waals surface area contributed by atoms with E-state index in [0.29, 0.717) is 0 Å². The van der Waals surface area contributed by atoms with E-state index in [1.54, 1.807) is 0 Å². The number of rotatable bonds is 3. The molecule has 0 saturated heterocycles. The van der Waals surface area contributed by atoms with E-state index in [4.69, 9.17) is 5.11 Å². The van der Waals surface area contributed by atoms with Crippen LogP contribution in [0.4, 0.5) is 22.0 Å². The number of hydrogen-bond acceptors (Lipinski definition) is 3. The highest BCUT2D eigenvalue weighted by Gasteiger charge is 2.40. The van der Waals surface area contributed by atoms with Crippen LogP contribution in [0.2, 0.25) is 0 Å². The maximum atomic E-state index is 12.5. The molecule has 0 aliphatic carbocycles. The zero-order valence-electron chi connectivity index (χ0n) is 8.50. The zero-order valence-corrected chi connectivity index (χ0v) is 8.50. The highest BCUT2D eigenvalue weighted by Crippen LogP contribution is 2.42. The Bertz CT molecular complexity index is 472. The van der Waals surface area contributed by atoms with Crippen molar-refractivity contribution >= 4 is 5.97 Å². The fraction of sp³-hybridized carbons (Fsp3) is 0.333. The zero-order chi connectivity index (χ0) is 14.1. The summed E-state index contributed by atoms with van der Waals surface area (Å²) in [5.41, 5.74) is -4.27. The molecular formula is C9H6F5NO3. The number of pyridine rings is 1. The molecule has 100 valence electrons. The van der Waals surface area contributed by atoms with Gasteiger partial charge in [0, 0.05) is 6.20 Å². The van der Waals surface area contributed by atoms with Crippen molar-refractivity contribution < 1.29 is 37.0 Å². The molecule has 0 aliphatic rings. The summed E-state index contributed by atoms with van der Waals surface area (Å²) in [5, 5.41) is 17.6. The molecule has 0 spiro atoms. The van der Waals surface area contributed by atoms with Gasteiger partial charge in [-0.2, -0.15) is 13.2 Å². The van der Waals surface area contributed by atoms with E-state index in [2.05, 4.69) is 4.98 Å². The molecule has 9 heteroatoms. The van der Waals surface area contributed by atoms with Crippen LogP contribution in [0, 0.1) is 0 Å². The van der Waals surface area contributed by atoms with E-state index in [1.165, 1.54) is 0 Å². The Balaban J connectivity index is 3.45. The summed E-state index contributed by atoms with van der Waals surface area (Å²) in [5.74, 6) is -3.13. The lowest BCUT2D eigenvalue weighted by Crippen LogP contribution is -2.13. The SMILES string of the molecule is O=C(O)Cc1ncc(C(F)F)c(C(F)(F)F)c1O. The van der Waals surface area contributed by atoms with Crippen LogP contribution in [0.15, 0.2) is 6.20 Å². The van der Waals surface area contributed by atoms with Crippen molar-refractivity contribution in [3.63, 3.8) is 0 Å². The largest absolute Gasteiger partial charge is 0.505 e. The molecule has 1 heterocycles. The van der Waals surface area contributed by atoms with Crippen LogP contribution >= 0.6 is 0 Å². The molecule has 0 saturated carbocycles. The molecule has 1 rings (SSSR count). The van der Waals surface area contributed by atoms with Crippen LogP contribution in [-0.2, 0) is 17.4 Å². The number of carboxylic acid groups (broad SMARTS) is 1. The van der Waals surface area contributed by atoms with Gasteiger partial charge < -0.3 is 10.2 Å². The molecule has 18 heavy (non-hydrogen) atoms. The highest BCUT2D eigenvalue weighted by atomic mass is 19.4. The maximum Gasteiger partial charge on any atom is 0.420 e. The first-order valence-electron chi connectivity index (χ1n) is 4.42. The first-order valence-corrected chi connectivity index (χ1v) is 4.42. The molecule has 0 atom stereocenters. The molecule has 4 nitrogen and oxygen atoms in total. The Morgan fingerprint density at radius 1 is 1.39 bits per heavy atom. The summed E-state index contributed by atoms with van der Waals surface area (Å²) in [4.78, 5) is 13.4. The molecule has 0 aromatic carbocycles. The Morgan fingerprint density at radius 3 is 2.33 bits per heavy atom. The summed E-state index contributed by atoms with van der Waals surface area (Å²) < 4.78 is 62.3. The van der Waals surface area contributed by atoms with Gasteiger partial charge in [-0.05, 0) is 0 Å². The third kappa shape index (κ3) is 2.84. The smallest absolute Gasteiger partial charge is 0.420 e. The molecule has 2 N–H and O–H groups in total.